The van der Waals surface area contributed by atoms with Gasteiger partial charge in [-0.2, -0.15) is 0 Å². The molecular weight excluding hydrogens is 174 g/mol. The third-order valence-electron chi connectivity index (χ3n) is 3.03. The van der Waals surface area contributed by atoms with Gasteiger partial charge in [-0.3, -0.25) is 4.79 Å². The molecule has 1 aliphatic heterocycles. The van der Waals surface area contributed by atoms with Crippen LogP contribution in [0.3, 0.4) is 0 Å². The van der Waals surface area contributed by atoms with Crippen LogP contribution in [0.5, 0.6) is 0 Å². The number of hydrogen-bond donors (Lipinski definition) is 1. The summed E-state index contributed by atoms with van der Waals surface area (Å²) in [5.41, 5.74) is 3.98. The predicted molar refractivity (Wildman–Crippen MR) is 54.9 cm³/mol. The molecule has 0 radical (unpaired) electrons. The highest BCUT2D eigenvalue weighted by Crippen LogP contribution is 2.37. The summed E-state index contributed by atoms with van der Waals surface area (Å²) in [6, 6.07) is 7.82. The number of rotatable bonds is 0. The first-order valence-electron chi connectivity index (χ1n) is 4.91. The third-order valence-corrected chi connectivity index (χ3v) is 3.03. The van der Waals surface area contributed by atoms with Gasteiger partial charge in [0.25, 0.3) is 0 Å². The number of carbonyl (C=O) groups is 1. The Bertz CT molecular complexity index is 459. The van der Waals surface area contributed by atoms with Crippen molar-refractivity contribution in [3.8, 4) is 0 Å². The molecule has 1 aliphatic carbocycles. The van der Waals surface area contributed by atoms with Gasteiger partial charge >= 0.3 is 0 Å². The highest BCUT2D eigenvalue weighted by atomic mass is 16.1. The van der Waals surface area contributed by atoms with Crippen LogP contribution in [0.4, 0.5) is 0 Å². The van der Waals surface area contributed by atoms with Crippen molar-refractivity contribution in [3.63, 3.8) is 0 Å². The van der Waals surface area contributed by atoms with Crippen molar-refractivity contribution >= 4 is 11.5 Å². The number of hydrogen-bond acceptors (Lipinski definition) is 2. The van der Waals surface area contributed by atoms with Gasteiger partial charge in [0.05, 0.1) is 0 Å². The molecule has 0 aromatic heterocycles. The van der Waals surface area contributed by atoms with E-state index in [1.165, 1.54) is 0 Å². The van der Waals surface area contributed by atoms with Crippen LogP contribution in [0, 0.1) is 5.92 Å². The number of ketones is 1. The summed E-state index contributed by atoms with van der Waals surface area (Å²) in [5.74, 6) is 0.568. The fourth-order valence-corrected chi connectivity index (χ4v) is 2.32. The fourth-order valence-electron chi connectivity index (χ4n) is 2.32. The van der Waals surface area contributed by atoms with Gasteiger partial charge in [0, 0.05) is 34.9 Å². The van der Waals surface area contributed by atoms with Crippen molar-refractivity contribution in [2.45, 2.75) is 6.92 Å². The molecule has 0 fully saturated rings. The largest absolute Gasteiger partial charge is 0.384 e. The van der Waals surface area contributed by atoms with Crippen LogP contribution in [0.25, 0.3) is 5.70 Å². The molecule has 1 aromatic carbocycles. The number of Topliss-reactive ketones (excluding diaryl/α,β-unsaturated/α-hetero) is 1. The standard InChI is InChI=1S/C12H11NO/c1-7-6-13-11-8-4-2-3-5-9(8)12(14)10(7)11/h2-5,7,13H,6H2,1H3. The van der Waals surface area contributed by atoms with E-state index in [-0.39, 0.29) is 5.78 Å². The first kappa shape index (κ1) is 7.80. The smallest absolute Gasteiger partial charge is 0.192 e. The van der Waals surface area contributed by atoms with Gasteiger partial charge in [0.2, 0.25) is 0 Å². The van der Waals surface area contributed by atoms with E-state index < -0.39 is 0 Å². The highest BCUT2D eigenvalue weighted by Gasteiger charge is 2.35. The van der Waals surface area contributed by atoms with E-state index in [1.807, 2.05) is 24.3 Å². The summed E-state index contributed by atoms with van der Waals surface area (Å²) < 4.78 is 0. The minimum atomic E-state index is 0.216. The van der Waals surface area contributed by atoms with E-state index in [0.717, 1.165) is 28.9 Å². The molecule has 3 rings (SSSR count). The molecule has 1 heterocycles. The minimum Gasteiger partial charge on any atom is -0.384 e. The van der Waals surface area contributed by atoms with Gasteiger partial charge in [-0.05, 0) is 0 Å². The first-order chi connectivity index (χ1) is 6.79. The molecule has 0 saturated heterocycles. The van der Waals surface area contributed by atoms with Gasteiger partial charge in [0.15, 0.2) is 5.78 Å². The lowest BCUT2D eigenvalue weighted by Crippen LogP contribution is -2.14. The summed E-state index contributed by atoms with van der Waals surface area (Å²) >= 11 is 0. The second-order valence-electron chi connectivity index (χ2n) is 3.95. The van der Waals surface area contributed by atoms with Crippen LogP contribution in [0.2, 0.25) is 0 Å². The summed E-state index contributed by atoms with van der Waals surface area (Å²) in [6.45, 7) is 2.99. The summed E-state index contributed by atoms with van der Waals surface area (Å²) in [6.07, 6.45) is 0. The second-order valence-corrected chi connectivity index (χ2v) is 3.95. The van der Waals surface area contributed by atoms with Gasteiger partial charge in [-0.15, -0.1) is 0 Å². The zero-order valence-electron chi connectivity index (χ0n) is 8.00. The molecule has 0 saturated carbocycles. The Morgan fingerprint density at radius 3 is 2.79 bits per heavy atom. The molecule has 1 aromatic rings. The number of carbonyl (C=O) groups excluding carboxylic acids is 1. The Kier molecular flexibility index (Phi) is 1.38. The van der Waals surface area contributed by atoms with E-state index in [4.69, 9.17) is 0 Å². The third kappa shape index (κ3) is 0.782. The van der Waals surface area contributed by atoms with Gasteiger partial charge in [-0.25, -0.2) is 0 Å². The molecule has 1 N–H and O–H groups in total. The van der Waals surface area contributed by atoms with Crippen LogP contribution in [0.15, 0.2) is 29.8 Å². The van der Waals surface area contributed by atoms with Crippen molar-refractivity contribution in [1.82, 2.24) is 5.32 Å². The molecule has 1 unspecified atom stereocenters. The maximum Gasteiger partial charge on any atom is 0.192 e. The molecule has 2 aliphatic rings. The van der Waals surface area contributed by atoms with E-state index in [1.54, 1.807) is 0 Å². The Morgan fingerprint density at radius 2 is 2.00 bits per heavy atom. The van der Waals surface area contributed by atoms with E-state index in [0.29, 0.717) is 5.92 Å². The average Bonchev–Trinajstić information content (AvgIpc) is 2.70. The lowest BCUT2D eigenvalue weighted by molar-refractivity contribution is 0.103. The maximum atomic E-state index is 12.0. The van der Waals surface area contributed by atoms with E-state index in [2.05, 4.69) is 12.2 Å². The van der Waals surface area contributed by atoms with Crippen LogP contribution >= 0.6 is 0 Å². The van der Waals surface area contributed by atoms with Crippen molar-refractivity contribution in [2.75, 3.05) is 6.54 Å². The van der Waals surface area contributed by atoms with Crippen LogP contribution < -0.4 is 5.32 Å². The molecular formula is C12H11NO. The summed E-state index contributed by atoms with van der Waals surface area (Å²) in [5, 5.41) is 3.31. The number of nitrogens with one attached hydrogen (secondary N) is 1. The van der Waals surface area contributed by atoms with Crippen molar-refractivity contribution in [2.24, 2.45) is 5.92 Å². The molecule has 14 heavy (non-hydrogen) atoms. The van der Waals surface area contributed by atoms with Crippen molar-refractivity contribution in [3.05, 3.63) is 41.0 Å². The van der Waals surface area contributed by atoms with Gasteiger partial charge in [-0.1, -0.05) is 31.2 Å². The Hall–Kier alpha value is -1.57. The fraction of sp³-hybridized carbons (Fsp3) is 0.250. The quantitative estimate of drug-likeness (QED) is 0.668. The first-order valence-corrected chi connectivity index (χ1v) is 4.91. The monoisotopic (exact) mass is 185 g/mol. The SMILES string of the molecule is CC1CNC2=C1C(=O)c1ccccc12. The Labute approximate surface area is 82.6 Å². The lowest BCUT2D eigenvalue weighted by Gasteiger charge is -2.06. The molecule has 70 valence electrons. The molecule has 0 spiro atoms. The normalized spacial score (nSPS) is 23.5. The van der Waals surface area contributed by atoms with Gasteiger partial charge in [0.1, 0.15) is 0 Å². The molecule has 0 bridgehead atoms. The van der Waals surface area contributed by atoms with Crippen LogP contribution in [-0.2, 0) is 0 Å². The van der Waals surface area contributed by atoms with Gasteiger partial charge < -0.3 is 5.32 Å². The number of benzene rings is 1. The van der Waals surface area contributed by atoms with E-state index in [9.17, 15) is 4.79 Å². The van der Waals surface area contributed by atoms with Crippen LogP contribution in [-0.4, -0.2) is 12.3 Å². The summed E-state index contributed by atoms with van der Waals surface area (Å²) in [7, 11) is 0. The second kappa shape index (κ2) is 2.47. The van der Waals surface area contributed by atoms with Crippen molar-refractivity contribution in [1.29, 1.82) is 0 Å². The zero-order chi connectivity index (χ0) is 9.71. The number of fused-ring (bicyclic) bond motifs is 2. The lowest BCUT2D eigenvalue weighted by atomic mass is 10.00. The molecule has 2 nitrogen and oxygen atoms in total. The topological polar surface area (TPSA) is 29.1 Å². The Balaban J connectivity index is 2.26. The molecule has 1 atom stereocenters. The van der Waals surface area contributed by atoms with Crippen LogP contribution in [0.1, 0.15) is 22.8 Å². The zero-order valence-corrected chi connectivity index (χ0v) is 8.00. The molecule has 2 heteroatoms. The predicted octanol–water partition coefficient (Wildman–Crippen LogP) is 1.83. The average molecular weight is 185 g/mol. The Morgan fingerprint density at radius 1 is 1.29 bits per heavy atom. The highest BCUT2D eigenvalue weighted by molar-refractivity contribution is 6.21. The molecule has 0 amide bonds. The minimum absolute atomic E-state index is 0.216. The van der Waals surface area contributed by atoms with E-state index >= 15 is 0 Å². The van der Waals surface area contributed by atoms with Crippen molar-refractivity contribution < 1.29 is 4.79 Å². The summed E-state index contributed by atoms with van der Waals surface area (Å²) in [4.78, 5) is 12.0. The maximum absolute atomic E-state index is 12.0.